The molecule has 2 aliphatic heterocycles. The summed E-state index contributed by atoms with van der Waals surface area (Å²) in [5.41, 5.74) is 2.50. The minimum atomic E-state index is -1.18. The SMILES string of the molecule is COc1c(F)cc(C(=O)O)cc1-c1ccc([C@@H]2CC23CCN(C(=O)C2CCCO2)CC3)cc1. The molecular weight excluding hydrogens is 425 g/mol. The van der Waals surface area contributed by atoms with Crippen molar-refractivity contribution in [1.29, 1.82) is 0 Å². The highest BCUT2D eigenvalue weighted by Gasteiger charge is 2.55. The molecule has 1 unspecified atom stereocenters. The van der Waals surface area contributed by atoms with Gasteiger partial charge in [-0.05, 0) is 66.7 Å². The quantitative estimate of drug-likeness (QED) is 0.723. The van der Waals surface area contributed by atoms with E-state index in [-0.39, 0.29) is 28.7 Å². The number of ether oxygens (including phenoxy) is 2. The number of halogens is 1. The molecule has 174 valence electrons. The first-order chi connectivity index (χ1) is 15.9. The van der Waals surface area contributed by atoms with Gasteiger partial charge in [0.05, 0.1) is 12.7 Å². The van der Waals surface area contributed by atoms with Crippen LogP contribution in [-0.4, -0.2) is 54.8 Å². The van der Waals surface area contributed by atoms with Gasteiger partial charge in [-0.15, -0.1) is 0 Å². The molecule has 1 aliphatic carbocycles. The smallest absolute Gasteiger partial charge is 0.335 e. The van der Waals surface area contributed by atoms with E-state index in [0.29, 0.717) is 23.7 Å². The number of hydrogen-bond acceptors (Lipinski definition) is 4. The minimum absolute atomic E-state index is 0.0407. The van der Waals surface area contributed by atoms with Crippen LogP contribution >= 0.6 is 0 Å². The molecule has 0 radical (unpaired) electrons. The predicted octanol–water partition coefficient (Wildman–Crippen LogP) is 4.47. The fourth-order valence-corrected chi connectivity index (χ4v) is 5.55. The van der Waals surface area contributed by atoms with Crippen molar-refractivity contribution in [3.8, 4) is 16.9 Å². The van der Waals surface area contributed by atoms with E-state index in [2.05, 4.69) is 0 Å². The summed E-state index contributed by atoms with van der Waals surface area (Å²) in [5, 5.41) is 9.29. The highest BCUT2D eigenvalue weighted by Crippen LogP contribution is 2.65. The topological polar surface area (TPSA) is 76.1 Å². The van der Waals surface area contributed by atoms with E-state index in [1.54, 1.807) is 0 Å². The van der Waals surface area contributed by atoms with Crippen molar-refractivity contribution in [2.24, 2.45) is 5.41 Å². The lowest BCUT2D eigenvalue weighted by molar-refractivity contribution is -0.142. The average Bonchev–Trinajstić information content (AvgIpc) is 3.24. The minimum Gasteiger partial charge on any atom is -0.493 e. The third-order valence-corrected chi connectivity index (χ3v) is 7.58. The molecule has 6 nitrogen and oxygen atoms in total. The van der Waals surface area contributed by atoms with Gasteiger partial charge < -0.3 is 19.5 Å². The van der Waals surface area contributed by atoms with E-state index in [9.17, 15) is 19.1 Å². The maximum atomic E-state index is 14.4. The monoisotopic (exact) mass is 453 g/mol. The van der Waals surface area contributed by atoms with E-state index < -0.39 is 11.8 Å². The molecule has 0 aromatic heterocycles. The van der Waals surface area contributed by atoms with Gasteiger partial charge >= 0.3 is 5.97 Å². The van der Waals surface area contributed by atoms with Gasteiger partial charge in [-0.3, -0.25) is 4.79 Å². The van der Waals surface area contributed by atoms with Crippen LogP contribution in [0.25, 0.3) is 11.1 Å². The summed E-state index contributed by atoms with van der Waals surface area (Å²) in [5.74, 6) is -1.23. The first-order valence-corrected chi connectivity index (χ1v) is 11.5. The van der Waals surface area contributed by atoms with Crippen LogP contribution in [-0.2, 0) is 9.53 Å². The number of benzene rings is 2. The first kappa shape index (κ1) is 21.9. The van der Waals surface area contributed by atoms with Gasteiger partial charge in [-0.25, -0.2) is 9.18 Å². The molecule has 1 saturated carbocycles. The van der Waals surface area contributed by atoms with E-state index in [1.165, 1.54) is 18.7 Å². The number of hydrogen-bond donors (Lipinski definition) is 1. The highest BCUT2D eigenvalue weighted by atomic mass is 19.1. The molecule has 1 spiro atoms. The molecule has 1 N–H and O–H groups in total. The molecule has 3 aliphatic rings. The lowest BCUT2D eigenvalue weighted by atomic mass is 9.88. The van der Waals surface area contributed by atoms with Crippen LogP contribution in [0.5, 0.6) is 5.75 Å². The Bertz CT molecular complexity index is 1070. The summed E-state index contributed by atoms with van der Waals surface area (Å²) in [6.07, 6.45) is 4.66. The maximum Gasteiger partial charge on any atom is 0.335 e. The zero-order valence-corrected chi connectivity index (χ0v) is 18.7. The molecule has 3 fully saturated rings. The molecule has 2 saturated heterocycles. The third kappa shape index (κ3) is 3.99. The van der Waals surface area contributed by atoms with Gasteiger partial charge in [0.1, 0.15) is 6.10 Å². The van der Waals surface area contributed by atoms with E-state index in [1.807, 2.05) is 29.2 Å². The number of likely N-dealkylation sites (tertiary alicyclic amines) is 1. The van der Waals surface area contributed by atoms with E-state index in [4.69, 9.17) is 9.47 Å². The Labute approximate surface area is 192 Å². The molecule has 2 aromatic rings. The molecule has 33 heavy (non-hydrogen) atoms. The fraction of sp³-hybridized carbons (Fsp3) is 0.462. The second kappa shape index (κ2) is 8.45. The van der Waals surface area contributed by atoms with Gasteiger partial charge in [0.2, 0.25) is 0 Å². The van der Waals surface area contributed by atoms with Crippen LogP contribution in [0.15, 0.2) is 36.4 Å². The number of methoxy groups -OCH3 is 1. The van der Waals surface area contributed by atoms with Gasteiger partial charge in [-0.2, -0.15) is 0 Å². The number of aromatic carboxylic acids is 1. The largest absolute Gasteiger partial charge is 0.493 e. The third-order valence-electron chi connectivity index (χ3n) is 7.58. The van der Waals surface area contributed by atoms with Crippen molar-refractivity contribution in [2.75, 3.05) is 26.8 Å². The summed E-state index contributed by atoms with van der Waals surface area (Å²) in [6.45, 7) is 2.25. The van der Waals surface area contributed by atoms with Crippen LogP contribution in [0.3, 0.4) is 0 Å². The van der Waals surface area contributed by atoms with Gasteiger partial charge in [0.15, 0.2) is 11.6 Å². The van der Waals surface area contributed by atoms with E-state index >= 15 is 0 Å². The molecule has 5 rings (SSSR count). The first-order valence-electron chi connectivity index (χ1n) is 11.5. The van der Waals surface area contributed by atoms with Crippen LogP contribution in [0, 0.1) is 11.2 Å². The van der Waals surface area contributed by atoms with Crippen molar-refractivity contribution < 1.29 is 28.6 Å². The lowest BCUT2D eigenvalue weighted by Crippen LogP contribution is -2.44. The molecular formula is C26H28FNO5. The Morgan fingerprint density at radius 3 is 2.52 bits per heavy atom. The number of carbonyl (C=O) groups is 2. The van der Waals surface area contributed by atoms with Gasteiger partial charge in [0.25, 0.3) is 5.91 Å². The summed E-state index contributed by atoms with van der Waals surface area (Å²) >= 11 is 0. The standard InChI is InChI=1S/C26H28FNO5/c1-32-23-19(13-18(25(30)31)14-21(23)27)16-4-6-17(7-5-16)20-15-26(20)8-10-28(11-9-26)24(29)22-3-2-12-33-22/h4-7,13-14,20,22H,2-3,8-12,15H2,1H3,(H,30,31)/t20-,22?/m0/s1. The number of rotatable bonds is 5. The summed E-state index contributed by atoms with van der Waals surface area (Å²) in [6, 6.07) is 10.3. The van der Waals surface area contributed by atoms with Gasteiger partial charge in [0, 0.05) is 25.3 Å². The second-order valence-electron chi connectivity index (χ2n) is 9.41. The van der Waals surface area contributed by atoms with Crippen molar-refractivity contribution >= 4 is 11.9 Å². The molecule has 2 aromatic carbocycles. The highest BCUT2D eigenvalue weighted by molar-refractivity contribution is 5.90. The summed E-state index contributed by atoms with van der Waals surface area (Å²) in [7, 11) is 1.38. The Hall–Kier alpha value is -2.93. The predicted molar refractivity (Wildman–Crippen MR) is 120 cm³/mol. The fourth-order valence-electron chi connectivity index (χ4n) is 5.55. The van der Waals surface area contributed by atoms with Crippen molar-refractivity contribution in [1.82, 2.24) is 4.90 Å². The molecule has 1 amide bonds. The van der Waals surface area contributed by atoms with Crippen molar-refractivity contribution in [3.05, 3.63) is 53.3 Å². The number of carbonyl (C=O) groups excluding carboxylic acids is 1. The zero-order valence-electron chi connectivity index (χ0n) is 18.7. The Kier molecular flexibility index (Phi) is 5.60. The number of carboxylic acids is 1. The molecule has 2 heterocycles. The van der Waals surface area contributed by atoms with Crippen molar-refractivity contribution in [2.45, 2.75) is 44.1 Å². The van der Waals surface area contributed by atoms with Crippen LogP contribution in [0.1, 0.15) is 53.9 Å². The average molecular weight is 454 g/mol. The second-order valence-corrected chi connectivity index (χ2v) is 9.41. The number of nitrogens with zero attached hydrogens (tertiary/aromatic N) is 1. The number of amides is 1. The van der Waals surface area contributed by atoms with Crippen LogP contribution < -0.4 is 4.74 Å². The Morgan fingerprint density at radius 1 is 1.18 bits per heavy atom. The van der Waals surface area contributed by atoms with Crippen LogP contribution in [0.2, 0.25) is 0 Å². The zero-order chi connectivity index (χ0) is 23.2. The summed E-state index contributed by atoms with van der Waals surface area (Å²) < 4.78 is 25.1. The number of piperidine rings is 1. The normalized spacial score (nSPS) is 23.5. The molecule has 0 bridgehead atoms. The van der Waals surface area contributed by atoms with Crippen molar-refractivity contribution in [3.63, 3.8) is 0 Å². The number of carboxylic acid groups (broad SMARTS) is 1. The Morgan fingerprint density at radius 2 is 1.91 bits per heavy atom. The Balaban J connectivity index is 1.28. The lowest BCUT2D eigenvalue weighted by Gasteiger charge is -2.34. The maximum absolute atomic E-state index is 14.4. The van der Waals surface area contributed by atoms with E-state index in [0.717, 1.165) is 51.3 Å². The summed E-state index contributed by atoms with van der Waals surface area (Å²) in [4.78, 5) is 26.0. The van der Waals surface area contributed by atoms with Gasteiger partial charge in [-0.1, -0.05) is 24.3 Å². The molecule has 7 heteroatoms. The van der Waals surface area contributed by atoms with Crippen LogP contribution in [0.4, 0.5) is 4.39 Å². The molecule has 2 atom stereocenters.